The Balaban J connectivity index is 0.00000171. The number of benzene rings is 1. The Bertz CT molecular complexity index is 810. The van der Waals surface area contributed by atoms with E-state index in [0.29, 0.717) is 10.2 Å². The number of hydrogen-bond donors (Lipinski definition) is 2. The fourth-order valence-electron chi connectivity index (χ4n) is 2.12. The molecule has 0 spiro atoms. The molecule has 0 radical (unpaired) electrons. The van der Waals surface area contributed by atoms with Gasteiger partial charge in [0.25, 0.3) is 0 Å². The summed E-state index contributed by atoms with van der Waals surface area (Å²) in [5.74, 6) is -2.65. The summed E-state index contributed by atoms with van der Waals surface area (Å²) >= 11 is 0. The number of halogens is 4. The van der Waals surface area contributed by atoms with E-state index >= 15 is 0 Å². The average Bonchev–Trinajstić information content (AvgIpc) is 3.06. The van der Waals surface area contributed by atoms with Crippen LogP contribution in [0.25, 0.3) is 5.83 Å². The van der Waals surface area contributed by atoms with E-state index < -0.39 is 34.7 Å². The molecule has 0 saturated heterocycles. The van der Waals surface area contributed by atoms with E-state index in [-0.39, 0.29) is 18.5 Å². The summed E-state index contributed by atoms with van der Waals surface area (Å²) in [5, 5.41) is 19.5. The van der Waals surface area contributed by atoms with Gasteiger partial charge in [0.15, 0.2) is 5.69 Å². The second-order valence-electron chi connectivity index (χ2n) is 4.81. The van der Waals surface area contributed by atoms with E-state index in [2.05, 4.69) is 11.7 Å². The first kappa shape index (κ1) is 25.0. The van der Waals surface area contributed by atoms with E-state index in [1.165, 1.54) is 24.3 Å². The van der Waals surface area contributed by atoms with Gasteiger partial charge in [0.2, 0.25) is 5.78 Å². The van der Waals surface area contributed by atoms with Gasteiger partial charge in [0.1, 0.15) is 17.3 Å². The van der Waals surface area contributed by atoms with Crippen LogP contribution in [0.5, 0.6) is 5.75 Å². The van der Waals surface area contributed by atoms with E-state index in [9.17, 15) is 27.5 Å². The summed E-state index contributed by atoms with van der Waals surface area (Å²) in [5.41, 5.74) is -2.95. The first-order chi connectivity index (χ1) is 13.1. The molecule has 0 aliphatic rings. The molecule has 0 unspecified atom stereocenters. The maximum absolute atomic E-state index is 13.6. The number of nitrogens with one attached hydrogen (secondary N) is 1. The molecular weight excluding hydrogens is 378 g/mol. The fourth-order valence-corrected chi connectivity index (χ4v) is 2.12. The van der Waals surface area contributed by atoms with Crippen molar-refractivity contribution in [3.63, 3.8) is 0 Å². The predicted octanol–water partition coefficient (Wildman–Crippen LogP) is 5.48. The highest BCUT2D eigenvalue weighted by Crippen LogP contribution is 2.36. The van der Waals surface area contributed by atoms with Crippen molar-refractivity contribution in [1.29, 1.82) is 5.41 Å². The van der Waals surface area contributed by atoms with Crippen molar-refractivity contribution in [2.45, 2.75) is 40.4 Å². The smallest absolute Gasteiger partial charge is 0.435 e. The van der Waals surface area contributed by atoms with Gasteiger partial charge in [0.05, 0.1) is 18.3 Å². The van der Waals surface area contributed by atoms with Gasteiger partial charge in [-0.3, -0.25) is 9.48 Å². The molecule has 1 heterocycles. The molecule has 2 N–H and O–H groups in total. The standard InChI is InChI=1S/C15H11F4N3O2.2C2H6/c1-8(16)12-13(11(24)6-20)22(21-14(12)15(17,18)19)7-9-2-4-10(23)5-3-9;2*1-2/h2-6,20,23H,1,7H2;2*1-2H3. The number of carbonyl (C=O) groups is 1. The third kappa shape index (κ3) is 6.04. The number of carbonyl (C=O) groups excluding carboxylic acids is 1. The van der Waals surface area contributed by atoms with Gasteiger partial charge in [-0.1, -0.05) is 46.4 Å². The zero-order chi connectivity index (χ0) is 22.1. The number of ketones is 1. The number of phenolic OH excluding ortho intramolecular Hbond substituents is 1. The molecule has 0 bridgehead atoms. The van der Waals surface area contributed by atoms with Crippen molar-refractivity contribution in [1.82, 2.24) is 9.78 Å². The van der Waals surface area contributed by atoms with Crippen LogP contribution in [0.2, 0.25) is 0 Å². The minimum absolute atomic E-state index is 0.0520. The SMILES string of the molecule is C=C(F)c1c(C(F)(F)F)nn(Cc2ccc(O)cc2)c1C(=O)C=N.CC.CC. The van der Waals surface area contributed by atoms with E-state index in [4.69, 9.17) is 5.41 Å². The van der Waals surface area contributed by atoms with Crippen LogP contribution in [0, 0.1) is 5.41 Å². The number of aromatic hydroxyl groups is 1. The van der Waals surface area contributed by atoms with Crippen molar-refractivity contribution in [2.75, 3.05) is 0 Å². The first-order valence-electron chi connectivity index (χ1n) is 8.50. The van der Waals surface area contributed by atoms with Crippen molar-refractivity contribution >= 4 is 17.8 Å². The summed E-state index contributed by atoms with van der Waals surface area (Å²) < 4.78 is 53.5. The predicted molar refractivity (Wildman–Crippen MR) is 100 cm³/mol. The van der Waals surface area contributed by atoms with E-state index in [1.807, 2.05) is 27.7 Å². The summed E-state index contributed by atoms with van der Waals surface area (Å²) in [6.45, 7) is 10.5. The monoisotopic (exact) mass is 401 g/mol. The average molecular weight is 401 g/mol. The summed E-state index contributed by atoms with van der Waals surface area (Å²) in [6, 6.07) is 5.42. The molecule has 0 saturated carbocycles. The summed E-state index contributed by atoms with van der Waals surface area (Å²) in [6.07, 6.45) is -4.72. The molecule has 2 rings (SSSR count). The maximum Gasteiger partial charge on any atom is 0.435 e. The molecule has 9 heteroatoms. The number of alkyl halides is 3. The number of hydrogen-bond acceptors (Lipinski definition) is 4. The zero-order valence-electron chi connectivity index (χ0n) is 16.1. The topological polar surface area (TPSA) is 79.0 Å². The second kappa shape index (κ2) is 11.0. The van der Waals surface area contributed by atoms with Gasteiger partial charge < -0.3 is 10.5 Å². The number of nitrogens with zero attached hydrogens (tertiary/aromatic N) is 2. The third-order valence-corrected chi connectivity index (χ3v) is 3.13. The van der Waals surface area contributed by atoms with Crippen molar-refractivity contribution in [2.24, 2.45) is 0 Å². The quantitative estimate of drug-likeness (QED) is 0.396. The van der Waals surface area contributed by atoms with E-state index in [1.54, 1.807) is 0 Å². The fraction of sp³-hybridized carbons (Fsp3) is 0.316. The van der Waals surface area contributed by atoms with Crippen molar-refractivity contribution < 1.29 is 27.5 Å². The number of phenols is 1. The molecule has 154 valence electrons. The second-order valence-corrected chi connectivity index (χ2v) is 4.81. The maximum atomic E-state index is 13.6. The lowest BCUT2D eigenvalue weighted by Crippen LogP contribution is -2.13. The van der Waals surface area contributed by atoms with Crippen LogP contribution in [0.15, 0.2) is 30.8 Å². The summed E-state index contributed by atoms with van der Waals surface area (Å²) in [7, 11) is 0. The van der Waals surface area contributed by atoms with Gasteiger partial charge in [-0.2, -0.15) is 18.3 Å². The Hall–Kier alpha value is -2.97. The molecule has 0 aliphatic carbocycles. The van der Waals surface area contributed by atoms with Crippen LogP contribution >= 0.6 is 0 Å². The lowest BCUT2D eigenvalue weighted by molar-refractivity contribution is -0.141. The highest BCUT2D eigenvalue weighted by molar-refractivity contribution is 6.34. The van der Waals surface area contributed by atoms with Crippen LogP contribution < -0.4 is 0 Å². The Morgan fingerprint density at radius 1 is 1.21 bits per heavy atom. The molecule has 1 aromatic heterocycles. The normalized spacial score (nSPS) is 10.1. The Kier molecular flexibility index (Phi) is 9.84. The van der Waals surface area contributed by atoms with Crippen LogP contribution in [0.4, 0.5) is 17.6 Å². The largest absolute Gasteiger partial charge is 0.508 e. The first-order valence-corrected chi connectivity index (χ1v) is 8.50. The van der Waals surface area contributed by atoms with Gasteiger partial charge in [0, 0.05) is 0 Å². The van der Waals surface area contributed by atoms with Crippen LogP contribution in [0.1, 0.15) is 55.0 Å². The van der Waals surface area contributed by atoms with Crippen molar-refractivity contribution in [3.8, 4) is 5.75 Å². The lowest BCUT2D eigenvalue weighted by atomic mass is 10.1. The number of Topliss-reactive ketones (excluding diaryl/α,β-unsaturated/α-hetero) is 1. The molecule has 1 aromatic carbocycles. The molecular formula is C19H23F4N3O2. The molecule has 0 fully saturated rings. The number of aromatic nitrogens is 2. The van der Waals surface area contributed by atoms with E-state index in [0.717, 1.165) is 0 Å². The molecule has 0 amide bonds. The van der Waals surface area contributed by atoms with Crippen molar-refractivity contribution in [3.05, 3.63) is 53.4 Å². The minimum atomic E-state index is -5.00. The molecule has 0 atom stereocenters. The highest BCUT2D eigenvalue weighted by atomic mass is 19.4. The number of rotatable bonds is 5. The Labute approximate surface area is 160 Å². The minimum Gasteiger partial charge on any atom is -0.508 e. The molecule has 5 nitrogen and oxygen atoms in total. The molecule has 0 aliphatic heterocycles. The third-order valence-electron chi connectivity index (χ3n) is 3.13. The van der Waals surface area contributed by atoms with Gasteiger partial charge in [-0.25, -0.2) is 4.39 Å². The molecule has 28 heavy (non-hydrogen) atoms. The summed E-state index contributed by atoms with van der Waals surface area (Å²) in [4.78, 5) is 11.8. The Morgan fingerprint density at radius 3 is 2.11 bits per heavy atom. The van der Waals surface area contributed by atoms with Crippen LogP contribution in [-0.4, -0.2) is 26.9 Å². The van der Waals surface area contributed by atoms with Gasteiger partial charge in [-0.05, 0) is 17.7 Å². The van der Waals surface area contributed by atoms with Gasteiger partial charge >= 0.3 is 6.18 Å². The lowest BCUT2D eigenvalue weighted by Gasteiger charge is -2.06. The van der Waals surface area contributed by atoms with Crippen LogP contribution in [0.3, 0.4) is 0 Å². The van der Waals surface area contributed by atoms with Gasteiger partial charge in [-0.15, -0.1) is 0 Å². The molecule has 2 aromatic rings. The zero-order valence-corrected chi connectivity index (χ0v) is 16.1. The Morgan fingerprint density at radius 2 is 1.71 bits per heavy atom. The van der Waals surface area contributed by atoms with Crippen LogP contribution in [-0.2, 0) is 12.7 Å². The highest BCUT2D eigenvalue weighted by Gasteiger charge is 2.41.